The van der Waals surface area contributed by atoms with Crippen molar-refractivity contribution < 1.29 is 38.7 Å². The second kappa shape index (κ2) is 5.76. The summed E-state index contributed by atoms with van der Waals surface area (Å²) in [5, 5.41) is 21.5. The van der Waals surface area contributed by atoms with Crippen molar-refractivity contribution in [2.24, 2.45) is 10.8 Å². The zero-order valence-electron chi connectivity index (χ0n) is 15.9. The molecule has 150 valence electrons. The standard InChI is InChI=1S/C19H26O8/c1-9-5-13-18(7-20,6-12(9)25-10(2)21)17(4)15(26-11(3)22)14(23)16(27-13)19(17)8-24-19/h5,12-16,20,23H,6-8H2,1-4H3/t12-,13+,14+,15+,16+,17+,18+,19+/m0/s1. The molecular formula is C19H26O8. The van der Waals surface area contributed by atoms with E-state index in [2.05, 4.69) is 0 Å². The fourth-order valence-electron chi connectivity index (χ4n) is 5.72. The highest BCUT2D eigenvalue weighted by molar-refractivity contribution is 5.67. The third kappa shape index (κ3) is 2.18. The number of hydrogen-bond acceptors (Lipinski definition) is 8. The van der Waals surface area contributed by atoms with Crippen molar-refractivity contribution in [3.05, 3.63) is 11.6 Å². The topological polar surface area (TPSA) is 115 Å². The van der Waals surface area contributed by atoms with Crippen molar-refractivity contribution in [2.75, 3.05) is 13.2 Å². The van der Waals surface area contributed by atoms with E-state index >= 15 is 0 Å². The first kappa shape index (κ1) is 18.9. The molecule has 0 unspecified atom stereocenters. The molecule has 1 saturated carbocycles. The Labute approximate surface area is 157 Å². The summed E-state index contributed by atoms with van der Waals surface area (Å²) in [7, 11) is 0. The second-order valence-corrected chi connectivity index (χ2v) is 8.41. The van der Waals surface area contributed by atoms with E-state index in [9.17, 15) is 19.8 Å². The van der Waals surface area contributed by atoms with Gasteiger partial charge in [0.1, 0.15) is 30.0 Å². The third-order valence-corrected chi connectivity index (χ3v) is 7.21. The first-order valence-electron chi connectivity index (χ1n) is 9.24. The molecule has 1 spiro atoms. The molecule has 2 heterocycles. The van der Waals surface area contributed by atoms with Gasteiger partial charge in [0.25, 0.3) is 0 Å². The van der Waals surface area contributed by atoms with Gasteiger partial charge in [-0.1, -0.05) is 13.0 Å². The normalized spacial score (nSPS) is 50.0. The molecule has 0 aromatic carbocycles. The van der Waals surface area contributed by atoms with Crippen LogP contribution in [0.2, 0.25) is 0 Å². The molecule has 8 atom stereocenters. The molecule has 3 fully saturated rings. The van der Waals surface area contributed by atoms with Gasteiger partial charge in [-0.05, 0) is 18.9 Å². The summed E-state index contributed by atoms with van der Waals surface area (Å²) < 4.78 is 23.1. The molecule has 2 aliphatic heterocycles. The number of ether oxygens (including phenoxy) is 4. The van der Waals surface area contributed by atoms with Crippen molar-refractivity contribution in [3.8, 4) is 0 Å². The van der Waals surface area contributed by atoms with Crippen molar-refractivity contribution >= 4 is 11.9 Å². The average Bonchev–Trinajstić information content (AvgIpc) is 3.36. The fourth-order valence-corrected chi connectivity index (χ4v) is 5.72. The lowest BCUT2D eigenvalue weighted by Crippen LogP contribution is -2.67. The molecule has 0 aromatic rings. The Balaban J connectivity index is 1.85. The van der Waals surface area contributed by atoms with E-state index in [0.717, 1.165) is 5.57 Å². The van der Waals surface area contributed by atoms with Gasteiger partial charge in [-0.15, -0.1) is 0 Å². The molecule has 8 heteroatoms. The zero-order valence-corrected chi connectivity index (χ0v) is 15.9. The Hall–Kier alpha value is -1.48. The summed E-state index contributed by atoms with van der Waals surface area (Å²) in [4.78, 5) is 23.3. The minimum absolute atomic E-state index is 0.287. The average molecular weight is 382 g/mol. The molecule has 4 aliphatic rings. The van der Waals surface area contributed by atoms with Crippen molar-refractivity contribution in [1.82, 2.24) is 0 Å². The maximum Gasteiger partial charge on any atom is 0.303 e. The van der Waals surface area contributed by atoms with E-state index in [1.807, 2.05) is 19.9 Å². The van der Waals surface area contributed by atoms with Gasteiger partial charge in [0, 0.05) is 19.3 Å². The van der Waals surface area contributed by atoms with Crippen molar-refractivity contribution in [1.29, 1.82) is 0 Å². The van der Waals surface area contributed by atoms with Gasteiger partial charge in [0.15, 0.2) is 0 Å². The summed E-state index contributed by atoms with van der Waals surface area (Å²) in [5.41, 5.74) is -1.88. The van der Waals surface area contributed by atoms with E-state index < -0.39 is 58.9 Å². The summed E-state index contributed by atoms with van der Waals surface area (Å²) in [6.45, 7) is 6.40. The Bertz CT molecular complexity index is 712. The Morgan fingerprint density at radius 3 is 2.44 bits per heavy atom. The van der Waals surface area contributed by atoms with Crippen LogP contribution in [0.1, 0.15) is 34.1 Å². The smallest absolute Gasteiger partial charge is 0.303 e. The number of fused-ring (bicyclic) bond motifs is 2. The summed E-state index contributed by atoms with van der Waals surface area (Å²) in [5.74, 6) is -0.938. The van der Waals surface area contributed by atoms with E-state index in [1.54, 1.807) is 0 Å². The second-order valence-electron chi connectivity index (χ2n) is 8.41. The van der Waals surface area contributed by atoms with Crippen molar-refractivity contribution in [3.63, 3.8) is 0 Å². The number of carbonyl (C=O) groups is 2. The molecule has 27 heavy (non-hydrogen) atoms. The highest BCUT2D eigenvalue weighted by Gasteiger charge is 2.85. The van der Waals surface area contributed by atoms with Gasteiger partial charge < -0.3 is 29.2 Å². The van der Waals surface area contributed by atoms with E-state index in [4.69, 9.17) is 18.9 Å². The molecule has 4 rings (SSSR count). The Morgan fingerprint density at radius 1 is 1.30 bits per heavy atom. The van der Waals surface area contributed by atoms with Gasteiger partial charge >= 0.3 is 11.9 Å². The van der Waals surface area contributed by atoms with Crippen LogP contribution in [0, 0.1) is 10.8 Å². The van der Waals surface area contributed by atoms with Gasteiger partial charge in [-0.25, -0.2) is 0 Å². The number of carbonyl (C=O) groups excluding carboxylic acids is 2. The molecule has 8 nitrogen and oxygen atoms in total. The van der Waals surface area contributed by atoms with Crippen LogP contribution in [0.4, 0.5) is 0 Å². The zero-order chi connectivity index (χ0) is 19.8. The third-order valence-electron chi connectivity index (χ3n) is 7.21. The minimum Gasteiger partial charge on any atom is -0.459 e. The molecule has 2 aliphatic carbocycles. The monoisotopic (exact) mass is 382 g/mol. The van der Waals surface area contributed by atoms with Gasteiger partial charge in [-0.3, -0.25) is 9.59 Å². The van der Waals surface area contributed by atoms with Gasteiger partial charge in [0.05, 0.1) is 24.7 Å². The lowest BCUT2D eigenvalue weighted by atomic mass is 9.51. The minimum atomic E-state index is -1.07. The highest BCUT2D eigenvalue weighted by atomic mass is 16.7. The summed E-state index contributed by atoms with van der Waals surface area (Å²) in [6.07, 6.45) is -1.55. The number of hydrogen-bond donors (Lipinski definition) is 2. The molecule has 2 N–H and O–H groups in total. The SMILES string of the molecule is CC(=O)O[C@H]1C[C@@]2(CO)[C@@H](C=C1C)O[C@@H]1[C@H](O)[C@@H](OC(C)=O)[C@@]2(C)[C@@]12CO2. The number of rotatable bonds is 3. The molecule has 0 radical (unpaired) electrons. The van der Waals surface area contributed by atoms with Crippen LogP contribution in [0.3, 0.4) is 0 Å². The van der Waals surface area contributed by atoms with Crippen LogP contribution < -0.4 is 0 Å². The first-order valence-corrected chi connectivity index (χ1v) is 9.24. The molecular weight excluding hydrogens is 356 g/mol. The first-order chi connectivity index (χ1) is 12.6. The van der Waals surface area contributed by atoms with Crippen molar-refractivity contribution in [2.45, 2.75) is 70.2 Å². The van der Waals surface area contributed by atoms with Crippen LogP contribution in [0.15, 0.2) is 11.6 Å². The maximum atomic E-state index is 11.8. The predicted molar refractivity (Wildman–Crippen MR) is 90.5 cm³/mol. The molecule has 2 bridgehead atoms. The highest BCUT2D eigenvalue weighted by Crippen LogP contribution is 2.71. The predicted octanol–water partition coefficient (Wildman–Crippen LogP) is 0.0957. The largest absolute Gasteiger partial charge is 0.459 e. The number of aliphatic hydroxyl groups excluding tert-OH is 2. The van der Waals surface area contributed by atoms with Crippen LogP contribution in [0.5, 0.6) is 0 Å². The molecule has 2 saturated heterocycles. The number of epoxide rings is 1. The Kier molecular flexibility index (Phi) is 4.03. The molecule has 0 aromatic heterocycles. The van der Waals surface area contributed by atoms with E-state index in [-0.39, 0.29) is 13.0 Å². The fraction of sp³-hybridized carbons (Fsp3) is 0.789. The van der Waals surface area contributed by atoms with Crippen LogP contribution in [0.25, 0.3) is 0 Å². The van der Waals surface area contributed by atoms with Crippen LogP contribution in [-0.2, 0) is 28.5 Å². The van der Waals surface area contributed by atoms with Crippen LogP contribution in [-0.4, -0.2) is 71.5 Å². The van der Waals surface area contributed by atoms with Crippen LogP contribution >= 0.6 is 0 Å². The van der Waals surface area contributed by atoms with E-state index in [0.29, 0.717) is 6.61 Å². The summed E-state index contributed by atoms with van der Waals surface area (Å²) in [6, 6.07) is 0. The van der Waals surface area contributed by atoms with Gasteiger partial charge in [0.2, 0.25) is 0 Å². The summed E-state index contributed by atoms with van der Waals surface area (Å²) >= 11 is 0. The quantitative estimate of drug-likeness (QED) is 0.401. The van der Waals surface area contributed by atoms with Gasteiger partial charge in [-0.2, -0.15) is 0 Å². The Morgan fingerprint density at radius 2 is 1.93 bits per heavy atom. The lowest BCUT2D eigenvalue weighted by Gasteiger charge is -2.58. The molecule has 0 amide bonds. The maximum absolute atomic E-state index is 11.8. The lowest BCUT2D eigenvalue weighted by molar-refractivity contribution is -0.237. The number of esters is 2. The number of aliphatic hydroxyl groups is 2. The van der Waals surface area contributed by atoms with E-state index in [1.165, 1.54) is 13.8 Å².